The Morgan fingerprint density at radius 2 is 1.95 bits per heavy atom. The number of hydrogen-bond donors (Lipinski definition) is 1. The quantitative estimate of drug-likeness (QED) is 0.348. The van der Waals surface area contributed by atoms with Gasteiger partial charge in [-0.2, -0.15) is 17.9 Å². The van der Waals surface area contributed by atoms with E-state index in [9.17, 15) is 18.0 Å². The number of carbonyl (C=O) groups is 1. The van der Waals surface area contributed by atoms with Crippen molar-refractivity contribution in [3.63, 3.8) is 0 Å². The minimum atomic E-state index is -4.80. The molecule has 1 saturated heterocycles. The molecule has 2 aromatic carbocycles. The molecule has 39 heavy (non-hydrogen) atoms. The zero-order valence-corrected chi connectivity index (χ0v) is 21.0. The number of benzene rings is 2. The minimum Gasteiger partial charge on any atom is -0.315 e. The maximum atomic E-state index is 14.5. The zero-order valence-electron chi connectivity index (χ0n) is 21.0. The average molecular weight is 532 g/mol. The lowest BCUT2D eigenvalue weighted by atomic mass is 9.99. The van der Waals surface area contributed by atoms with Crippen LogP contribution in [0, 0.1) is 6.92 Å². The largest absolute Gasteiger partial charge is 0.417 e. The van der Waals surface area contributed by atoms with Crippen LogP contribution >= 0.6 is 0 Å². The van der Waals surface area contributed by atoms with Gasteiger partial charge < -0.3 is 5.32 Å². The number of anilines is 1. The van der Waals surface area contributed by atoms with E-state index in [2.05, 4.69) is 25.6 Å². The van der Waals surface area contributed by atoms with Crippen LogP contribution in [0.4, 0.5) is 19.0 Å². The fourth-order valence-electron chi connectivity index (χ4n) is 5.21. The molecular formula is C28H24F3N7O. The number of nitrogens with one attached hydrogen (secondary N) is 1. The molecule has 0 spiro atoms. The van der Waals surface area contributed by atoms with Crippen LogP contribution in [-0.2, 0) is 6.18 Å². The Balaban J connectivity index is 1.52. The molecule has 1 atom stereocenters. The number of aromatic nitrogens is 5. The summed E-state index contributed by atoms with van der Waals surface area (Å²) in [6.07, 6.45) is -0.276. The highest BCUT2D eigenvalue weighted by Gasteiger charge is 2.39. The number of nitrogens with zero attached hydrogens (tertiary/aromatic N) is 6. The monoisotopic (exact) mass is 531 g/mol. The van der Waals surface area contributed by atoms with E-state index < -0.39 is 23.2 Å². The van der Waals surface area contributed by atoms with E-state index in [1.165, 1.54) is 27.9 Å². The summed E-state index contributed by atoms with van der Waals surface area (Å²) >= 11 is 0. The number of rotatable bonds is 4. The molecular weight excluding hydrogens is 507 g/mol. The Hall–Kier alpha value is -4.38. The topological polar surface area (TPSA) is 88.8 Å². The number of fused-ring (bicyclic) bond motifs is 2. The van der Waals surface area contributed by atoms with Crippen LogP contribution in [-0.4, -0.2) is 50.0 Å². The van der Waals surface area contributed by atoms with Crippen LogP contribution < -0.4 is 10.2 Å². The van der Waals surface area contributed by atoms with Crippen molar-refractivity contribution in [3.8, 4) is 5.69 Å². The van der Waals surface area contributed by atoms with Crippen LogP contribution in [0.25, 0.3) is 27.6 Å². The molecule has 0 aliphatic carbocycles. The highest BCUT2D eigenvalue weighted by atomic mass is 19.4. The third kappa shape index (κ3) is 4.48. The molecule has 1 aliphatic heterocycles. The predicted octanol–water partition coefficient (Wildman–Crippen LogP) is 5.09. The number of aryl methyl sites for hydroxylation is 1. The SMILES string of the molecule is Cc1cccc2ccnc(N(C(=O)c3ccc(-n4nnc5cccnc54)cc3C(F)(F)F)[C@@H]3CCCNC3)c12. The summed E-state index contributed by atoms with van der Waals surface area (Å²) in [5.74, 6) is -0.402. The third-order valence-electron chi connectivity index (χ3n) is 7.05. The first kappa shape index (κ1) is 24.9. The smallest absolute Gasteiger partial charge is 0.315 e. The number of amides is 1. The van der Waals surface area contributed by atoms with Gasteiger partial charge in [0.05, 0.1) is 22.9 Å². The highest BCUT2D eigenvalue weighted by Crippen LogP contribution is 2.37. The zero-order chi connectivity index (χ0) is 27.1. The molecule has 11 heteroatoms. The second kappa shape index (κ2) is 9.73. The molecule has 0 bridgehead atoms. The summed E-state index contributed by atoms with van der Waals surface area (Å²) in [4.78, 5) is 24.4. The molecule has 6 rings (SSSR count). The van der Waals surface area contributed by atoms with Gasteiger partial charge in [-0.1, -0.05) is 23.4 Å². The summed E-state index contributed by atoms with van der Waals surface area (Å²) in [6, 6.07) is 14.1. The molecule has 8 nitrogen and oxygen atoms in total. The summed E-state index contributed by atoms with van der Waals surface area (Å²) in [5.41, 5.74) is 0.228. The lowest BCUT2D eigenvalue weighted by Gasteiger charge is -2.35. The number of pyridine rings is 2. The van der Waals surface area contributed by atoms with Gasteiger partial charge in [-0.25, -0.2) is 9.97 Å². The number of carbonyl (C=O) groups excluding carboxylic acids is 1. The Morgan fingerprint density at radius 3 is 2.74 bits per heavy atom. The third-order valence-corrected chi connectivity index (χ3v) is 7.05. The van der Waals surface area contributed by atoms with E-state index in [1.807, 2.05) is 31.2 Å². The van der Waals surface area contributed by atoms with Gasteiger partial charge in [-0.05, 0) is 73.7 Å². The first-order chi connectivity index (χ1) is 18.8. The Morgan fingerprint density at radius 1 is 1.08 bits per heavy atom. The minimum absolute atomic E-state index is 0.102. The van der Waals surface area contributed by atoms with Crippen molar-refractivity contribution in [1.29, 1.82) is 0 Å². The molecule has 0 unspecified atom stereocenters. The highest BCUT2D eigenvalue weighted by molar-refractivity contribution is 6.11. The molecule has 4 heterocycles. The second-order valence-electron chi connectivity index (χ2n) is 9.56. The van der Waals surface area contributed by atoms with Gasteiger partial charge in [0.15, 0.2) is 5.65 Å². The van der Waals surface area contributed by atoms with Crippen LogP contribution in [0.1, 0.15) is 34.3 Å². The van der Waals surface area contributed by atoms with Crippen LogP contribution in [0.15, 0.2) is 67.0 Å². The molecule has 3 aromatic heterocycles. The Bertz CT molecular complexity index is 1690. The van der Waals surface area contributed by atoms with Crippen molar-refractivity contribution >= 4 is 33.7 Å². The lowest BCUT2D eigenvalue weighted by molar-refractivity contribution is -0.137. The lowest BCUT2D eigenvalue weighted by Crippen LogP contribution is -2.49. The first-order valence-electron chi connectivity index (χ1n) is 12.6. The van der Waals surface area contributed by atoms with E-state index in [1.54, 1.807) is 18.3 Å². The summed E-state index contributed by atoms with van der Waals surface area (Å²) < 4.78 is 44.8. The molecule has 1 aliphatic rings. The molecule has 0 saturated carbocycles. The number of hydrogen-bond acceptors (Lipinski definition) is 6. The van der Waals surface area contributed by atoms with Gasteiger partial charge in [0.25, 0.3) is 5.91 Å². The molecule has 0 radical (unpaired) electrons. The van der Waals surface area contributed by atoms with Crippen molar-refractivity contribution in [2.24, 2.45) is 0 Å². The van der Waals surface area contributed by atoms with E-state index in [-0.39, 0.29) is 11.7 Å². The maximum absolute atomic E-state index is 14.5. The molecule has 1 fully saturated rings. The molecule has 1 N–H and O–H groups in total. The maximum Gasteiger partial charge on any atom is 0.417 e. The fraction of sp³-hybridized carbons (Fsp3) is 0.250. The van der Waals surface area contributed by atoms with Gasteiger partial charge in [0.1, 0.15) is 11.3 Å². The number of piperidine rings is 1. The molecule has 1 amide bonds. The van der Waals surface area contributed by atoms with Gasteiger partial charge in [0.2, 0.25) is 0 Å². The predicted molar refractivity (Wildman–Crippen MR) is 141 cm³/mol. The van der Waals surface area contributed by atoms with Crippen molar-refractivity contribution in [1.82, 2.24) is 30.3 Å². The molecule has 5 aromatic rings. The van der Waals surface area contributed by atoms with Crippen molar-refractivity contribution in [2.45, 2.75) is 32.0 Å². The Labute approximate surface area is 221 Å². The summed E-state index contributed by atoms with van der Waals surface area (Å²) in [6.45, 7) is 3.14. The van der Waals surface area contributed by atoms with Gasteiger partial charge in [0, 0.05) is 24.3 Å². The number of alkyl halides is 3. The first-order valence-corrected chi connectivity index (χ1v) is 12.6. The molecule has 198 valence electrons. The summed E-state index contributed by atoms with van der Waals surface area (Å²) in [5, 5.41) is 12.8. The van der Waals surface area contributed by atoms with Crippen LogP contribution in [0.5, 0.6) is 0 Å². The van der Waals surface area contributed by atoms with Crippen molar-refractivity contribution in [2.75, 3.05) is 18.0 Å². The fourth-order valence-corrected chi connectivity index (χ4v) is 5.21. The Kier molecular flexibility index (Phi) is 6.22. The van der Waals surface area contributed by atoms with E-state index >= 15 is 0 Å². The van der Waals surface area contributed by atoms with Crippen LogP contribution in [0.3, 0.4) is 0 Å². The normalized spacial score (nSPS) is 16.1. The average Bonchev–Trinajstić information content (AvgIpc) is 3.37. The van der Waals surface area contributed by atoms with Gasteiger partial charge in [-0.15, -0.1) is 5.10 Å². The van der Waals surface area contributed by atoms with E-state index in [0.717, 1.165) is 35.4 Å². The second-order valence-corrected chi connectivity index (χ2v) is 9.56. The summed E-state index contributed by atoms with van der Waals surface area (Å²) in [7, 11) is 0. The van der Waals surface area contributed by atoms with Crippen molar-refractivity contribution < 1.29 is 18.0 Å². The van der Waals surface area contributed by atoms with Gasteiger partial charge in [-0.3, -0.25) is 9.69 Å². The number of halogens is 3. The van der Waals surface area contributed by atoms with Gasteiger partial charge >= 0.3 is 6.18 Å². The van der Waals surface area contributed by atoms with Crippen LogP contribution in [0.2, 0.25) is 0 Å². The van der Waals surface area contributed by atoms with Crippen molar-refractivity contribution in [3.05, 3.63) is 83.7 Å². The van der Waals surface area contributed by atoms with E-state index in [0.29, 0.717) is 29.9 Å². The van der Waals surface area contributed by atoms with E-state index in [4.69, 9.17) is 0 Å². The standard InChI is InChI=1S/C28H24F3N7O/c1-17-5-2-6-18-11-14-34-26(24(17)18)37(20-7-3-12-32-16-20)27(39)21-10-9-19(15-22(21)28(29,30)31)38-25-23(35-36-38)8-4-13-33-25/h2,4-6,8-11,13-15,20,32H,3,7,12,16H2,1H3/t20-/m1/s1.